The second-order valence-electron chi connectivity index (χ2n) is 1.20. The number of nitrogens with one attached hydrogen (secondary N) is 1. The Morgan fingerprint density at radius 1 is 1.78 bits per heavy atom. The van der Waals surface area contributed by atoms with Gasteiger partial charge in [0.15, 0.2) is 0 Å². The zero-order valence-corrected chi connectivity index (χ0v) is 6.65. The van der Waals surface area contributed by atoms with Crippen LogP contribution in [0.5, 0.6) is 0 Å². The molecule has 1 amide bonds. The number of hydrogen-bond donors (Lipinski definition) is 3. The van der Waals surface area contributed by atoms with Crippen LogP contribution in [0.4, 0.5) is 4.79 Å². The molecule has 0 saturated heterocycles. The molecule has 0 unspecified atom stereocenters. The molecular formula is C3H8N2O2S2. The normalized spacial score (nSPS) is 8.78. The fourth-order valence-electron chi connectivity index (χ4n) is 0.192. The molecule has 0 aromatic rings. The highest BCUT2D eigenvalue weighted by Gasteiger charge is 2.03. The summed E-state index contributed by atoms with van der Waals surface area (Å²) in [7, 11) is 1.66. The first-order valence-electron chi connectivity index (χ1n) is 2.17. The second kappa shape index (κ2) is 4.78. The summed E-state index contributed by atoms with van der Waals surface area (Å²) < 4.78 is 5.24. The van der Waals surface area contributed by atoms with Crippen molar-refractivity contribution in [1.82, 2.24) is 9.03 Å². The van der Waals surface area contributed by atoms with Crippen molar-refractivity contribution in [2.24, 2.45) is 0 Å². The van der Waals surface area contributed by atoms with Gasteiger partial charge >= 0.3 is 6.09 Å². The maximum Gasteiger partial charge on any atom is 0.431 e. The van der Waals surface area contributed by atoms with Crippen LogP contribution in [0, 0.1) is 0 Å². The highest BCUT2D eigenvalue weighted by atomic mass is 32.2. The molecule has 0 aromatic carbocycles. The van der Waals surface area contributed by atoms with Gasteiger partial charge in [-0.15, -0.1) is 0 Å². The zero-order valence-electron chi connectivity index (χ0n) is 4.87. The quantitative estimate of drug-likeness (QED) is 0.410. The molecule has 0 spiro atoms. The summed E-state index contributed by atoms with van der Waals surface area (Å²) in [5, 5.41) is 2.62. The molecule has 9 heavy (non-hydrogen) atoms. The first kappa shape index (κ1) is 8.93. The number of carbonyl (C=O) groups excluding carboxylic acids is 1. The topological polar surface area (TPSA) is 41.6 Å². The van der Waals surface area contributed by atoms with Crippen molar-refractivity contribution < 1.29 is 9.53 Å². The molecule has 0 bridgehead atoms. The van der Waals surface area contributed by atoms with Gasteiger partial charge in [-0.25, -0.2) is 4.79 Å². The van der Waals surface area contributed by atoms with E-state index in [4.69, 9.17) is 0 Å². The number of thiol groups is 2. The molecule has 54 valence electrons. The van der Waals surface area contributed by atoms with Crippen LogP contribution in [0.3, 0.4) is 0 Å². The lowest BCUT2D eigenvalue weighted by molar-refractivity contribution is 0.136. The van der Waals surface area contributed by atoms with Crippen LogP contribution in [-0.4, -0.2) is 23.6 Å². The third-order valence-electron chi connectivity index (χ3n) is 0.503. The van der Waals surface area contributed by atoms with Crippen molar-refractivity contribution in [2.45, 2.75) is 0 Å². The number of hydrogen-bond acceptors (Lipinski definition) is 5. The SMILES string of the molecule is CNCOC(=O)N(S)S. The summed E-state index contributed by atoms with van der Waals surface area (Å²) in [5.74, 6) is 0. The fourth-order valence-corrected chi connectivity index (χ4v) is 0.307. The van der Waals surface area contributed by atoms with Crippen LogP contribution in [0.25, 0.3) is 0 Å². The lowest BCUT2D eigenvalue weighted by Crippen LogP contribution is -2.20. The van der Waals surface area contributed by atoms with Gasteiger partial charge in [0.25, 0.3) is 0 Å². The smallest absolute Gasteiger partial charge is 0.431 e. The fraction of sp³-hybridized carbons (Fsp3) is 0.667. The first-order chi connectivity index (χ1) is 4.18. The Hall–Kier alpha value is -0.0700. The molecule has 0 heterocycles. The lowest BCUT2D eigenvalue weighted by Gasteiger charge is -2.06. The standard InChI is InChI=1S/C3H8N2O2S2/c1-4-2-7-3(6)5(8)9/h4,8-9H,2H2,1H3. The van der Waals surface area contributed by atoms with Crippen LogP contribution in [0.1, 0.15) is 0 Å². The van der Waals surface area contributed by atoms with Crippen molar-refractivity contribution in [1.29, 1.82) is 0 Å². The van der Waals surface area contributed by atoms with Crippen LogP contribution in [-0.2, 0) is 4.74 Å². The van der Waals surface area contributed by atoms with Gasteiger partial charge in [0.2, 0.25) is 0 Å². The minimum atomic E-state index is -0.601. The van der Waals surface area contributed by atoms with Gasteiger partial charge in [-0.3, -0.25) is 5.32 Å². The maximum atomic E-state index is 10.4. The summed E-state index contributed by atoms with van der Waals surface area (Å²) in [5.41, 5.74) is 0. The van der Waals surface area contributed by atoms with Gasteiger partial charge in [0.1, 0.15) is 6.73 Å². The van der Waals surface area contributed by atoms with Crippen LogP contribution in [0.15, 0.2) is 0 Å². The van der Waals surface area contributed by atoms with E-state index >= 15 is 0 Å². The molecule has 0 radical (unpaired) electrons. The monoisotopic (exact) mass is 168 g/mol. The van der Waals surface area contributed by atoms with Gasteiger partial charge < -0.3 is 4.74 Å². The Morgan fingerprint density at radius 3 is 2.67 bits per heavy atom. The molecule has 0 saturated carbocycles. The van der Waals surface area contributed by atoms with E-state index < -0.39 is 6.09 Å². The van der Waals surface area contributed by atoms with Crippen molar-refractivity contribution in [3.05, 3.63) is 0 Å². The number of nitrogens with zero attached hydrogens (tertiary/aromatic N) is 1. The van der Waals surface area contributed by atoms with E-state index in [1.54, 1.807) is 7.05 Å². The molecule has 1 N–H and O–H groups in total. The predicted octanol–water partition coefficient (Wildman–Crippen LogP) is 0.291. The van der Waals surface area contributed by atoms with Gasteiger partial charge in [0, 0.05) is 0 Å². The molecule has 0 aliphatic rings. The van der Waals surface area contributed by atoms with E-state index in [1.807, 2.05) is 0 Å². The first-order valence-corrected chi connectivity index (χ1v) is 2.97. The largest absolute Gasteiger partial charge is 0.432 e. The minimum Gasteiger partial charge on any atom is -0.432 e. The molecule has 6 heteroatoms. The summed E-state index contributed by atoms with van der Waals surface area (Å²) in [6.07, 6.45) is -0.601. The van der Waals surface area contributed by atoms with Crippen molar-refractivity contribution in [3.8, 4) is 0 Å². The minimum absolute atomic E-state index is 0.163. The number of ether oxygens (including phenoxy) is 1. The summed E-state index contributed by atoms with van der Waals surface area (Å²) in [6.45, 7) is 0.163. The highest BCUT2D eigenvalue weighted by Crippen LogP contribution is 1.99. The van der Waals surface area contributed by atoms with Gasteiger partial charge in [-0.2, -0.15) is 3.71 Å². The highest BCUT2D eigenvalue weighted by molar-refractivity contribution is 7.94. The number of rotatable bonds is 2. The molecule has 4 nitrogen and oxygen atoms in total. The van der Waals surface area contributed by atoms with Crippen LogP contribution >= 0.6 is 25.6 Å². The molecule has 0 aromatic heterocycles. The Bertz CT molecular complexity index is 97.8. The van der Waals surface area contributed by atoms with Crippen molar-refractivity contribution in [3.63, 3.8) is 0 Å². The molecule has 0 aliphatic carbocycles. The lowest BCUT2D eigenvalue weighted by atomic mass is 11.1. The Labute approximate surface area is 64.6 Å². The molecule has 0 atom stereocenters. The molecule has 0 aliphatic heterocycles. The summed E-state index contributed by atoms with van der Waals surface area (Å²) in [6, 6.07) is 0. The number of amides is 1. The van der Waals surface area contributed by atoms with E-state index in [1.165, 1.54) is 0 Å². The van der Waals surface area contributed by atoms with E-state index in [9.17, 15) is 4.79 Å². The third kappa shape index (κ3) is 4.43. The van der Waals surface area contributed by atoms with Gasteiger partial charge in [-0.05, 0) is 32.7 Å². The van der Waals surface area contributed by atoms with E-state index in [-0.39, 0.29) is 6.73 Å². The summed E-state index contributed by atoms with van der Waals surface area (Å²) >= 11 is 7.12. The number of carbonyl (C=O) groups is 1. The van der Waals surface area contributed by atoms with E-state index in [2.05, 4.69) is 35.7 Å². The van der Waals surface area contributed by atoms with Crippen molar-refractivity contribution in [2.75, 3.05) is 13.8 Å². The average Bonchev–Trinajstić information content (AvgIpc) is 1.82. The Morgan fingerprint density at radius 2 is 2.33 bits per heavy atom. The second-order valence-corrected chi connectivity index (χ2v) is 2.31. The van der Waals surface area contributed by atoms with E-state index in [0.29, 0.717) is 0 Å². The Kier molecular flexibility index (Phi) is 4.74. The van der Waals surface area contributed by atoms with Crippen LogP contribution < -0.4 is 5.32 Å². The third-order valence-corrected chi connectivity index (χ3v) is 0.830. The average molecular weight is 168 g/mol. The molecular weight excluding hydrogens is 160 g/mol. The van der Waals surface area contributed by atoms with Gasteiger partial charge in [0.05, 0.1) is 0 Å². The van der Waals surface area contributed by atoms with E-state index in [0.717, 1.165) is 3.71 Å². The molecule has 0 fully saturated rings. The zero-order chi connectivity index (χ0) is 7.28. The predicted molar refractivity (Wildman–Crippen MR) is 40.2 cm³/mol. The molecule has 0 rings (SSSR count). The van der Waals surface area contributed by atoms with Crippen molar-refractivity contribution >= 4 is 31.7 Å². The Balaban J connectivity index is 3.28. The maximum absolute atomic E-state index is 10.4. The van der Waals surface area contributed by atoms with Crippen LogP contribution in [0.2, 0.25) is 0 Å². The summed E-state index contributed by atoms with van der Waals surface area (Å²) in [4.78, 5) is 10.4. The van der Waals surface area contributed by atoms with Gasteiger partial charge in [-0.1, -0.05) is 0 Å².